The number of hydrogen-bond acceptors (Lipinski definition) is 4. The summed E-state index contributed by atoms with van der Waals surface area (Å²) in [5, 5.41) is 10.8. The van der Waals surface area contributed by atoms with Gasteiger partial charge in [-0.3, -0.25) is 14.9 Å². The second-order valence-corrected chi connectivity index (χ2v) is 5.31. The molecule has 22 heavy (non-hydrogen) atoms. The van der Waals surface area contributed by atoms with Gasteiger partial charge in [-0.15, -0.1) is 0 Å². The zero-order valence-electron chi connectivity index (χ0n) is 12.0. The Kier molecular flexibility index (Phi) is 3.87. The Morgan fingerprint density at radius 3 is 2.82 bits per heavy atom. The Bertz CT molecular complexity index is 739. The predicted octanol–water partition coefficient (Wildman–Crippen LogP) is 3.69. The van der Waals surface area contributed by atoms with Crippen molar-refractivity contribution >= 4 is 11.5 Å². The highest BCUT2D eigenvalue weighted by molar-refractivity contribution is 5.98. The summed E-state index contributed by atoms with van der Waals surface area (Å²) in [6.45, 7) is 0.258. The highest BCUT2D eigenvalue weighted by atomic mass is 16.6. The van der Waals surface area contributed by atoms with Gasteiger partial charge in [-0.25, -0.2) is 0 Å². The van der Waals surface area contributed by atoms with Crippen LogP contribution >= 0.6 is 0 Å². The Hall–Kier alpha value is -2.69. The van der Waals surface area contributed by atoms with Crippen molar-refractivity contribution in [3.63, 3.8) is 0 Å². The predicted molar refractivity (Wildman–Crippen MR) is 81.1 cm³/mol. The number of ketones is 1. The normalized spacial score (nSPS) is 13.5. The first-order chi connectivity index (χ1) is 10.6. The van der Waals surface area contributed by atoms with Gasteiger partial charge in [-0.2, -0.15) is 0 Å². The van der Waals surface area contributed by atoms with Crippen LogP contribution in [0.25, 0.3) is 0 Å². The number of nitro groups is 1. The van der Waals surface area contributed by atoms with E-state index >= 15 is 0 Å². The van der Waals surface area contributed by atoms with Crippen LogP contribution in [0, 0.1) is 10.1 Å². The topological polar surface area (TPSA) is 69.4 Å². The molecule has 5 nitrogen and oxygen atoms in total. The molecule has 0 fully saturated rings. The van der Waals surface area contributed by atoms with Crippen LogP contribution in [-0.2, 0) is 13.0 Å². The zero-order chi connectivity index (χ0) is 15.5. The van der Waals surface area contributed by atoms with E-state index < -0.39 is 4.92 Å². The molecule has 2 aromatic carbocycles. The summed E-state index contributed by atoms with van der Waals surface area (Å²) in [6.07, 6.45) is 2.37. The molecule has 0 atom stereocenters. The van der Waals surface area contributed by atoms with Crippen LogP contribution in [0.5, 0.6) is 5.75 Å². The third-order valence-electron chi connectivity index (χ3n) is 3.75. The fourth-order valence-electron chi connectivity index (χ4n) is 2.64. The van der Waals surface area contributed by atoms with Crippen LogP contribution in [0.4, 0.5) is 5.69 Å². The maximum atomic E-state index is 11.8. The van der Waals surface area contributed by atoms with E-state index in [9.17, 15) is 14.9 Å². The van der Waals surface area contributed by atoms with Crippen molar-refractivity contribution < 1.29 is 14.5 Å². The Morgan fingerprint density at radius 2 is 2.00 bits per heavy atom. The second kappa shape index (κ2) is 5.97. The van der Waals surface area contributed by atoms with Crippen LogP contribution in [-0.4, -0.2) is 10.7 Å². The van der Waals surface area contributed by atoms with Crippen molar-refractivity contribution in [1.82, 2.24) is 0 Å². The van der Waals surface area contributed by atoms with Crippen molar-refractivity contribution in [2.45, 2.75) is 25.9 Å². The van der Waals surface area contributed by atoms with E-state index in [1.54, 1.807) is 24.3 Å². The number of non-ortho nitro benzene ring substituents is 1. The molecule has 1 aliphatic rings. The number of carbonyl (C=O) groups excluding carboxylic acids is 1. The number of carbonyl (C=O) groups is 1. The number of hydrogen-bond donors (Lipinski definition) is 0. The lowest BCUT2D eigenvalue weighted by Crippen LogP contribution is -2.10. The highest BCUT2D eigenvalue weighted by Gasteiger charge is 2.17. The molecule has 1 aliphatic carbocycles. The van der Waals surface area contributed by atoms with Crippen molar-refractivity contribution in [2.24, 2.45) is 0 Å². The van der Waals surface area contributed by atoms with Gasteiger partial charge in [0.2, 0.25) is 0 Å². The van der Waals surface area contributed by atoms with Gasteiger partial charge in [-0.05, 0) is 42.2 Å². The van der Waals surface area contributed by atoms with Gasteiger partial charge in [0, 0.05) is 24.1 Å². The number of aryl methyl sites for hydroxylation is 1. The molecular weight excluding hydrogens is 282 g/mol. The molecule has 3 rings (SSSR count). The monoisotopic (exact) mass is 297 g/mol. The summed E-state index contributed by atoms with van der Waals surface area (Å²) in [7, 11) is 0. The zero-order valence-corrected chi connectivity index (χ0v) is 12.0. The fraction of sp³-hybridized carbons (Fsp3) is 0.235. The van der Waals surface area contributed by atoms with E-state index in [-0.39, 0.29) is 18.1 Å². The molecule has 0 radical (unpaired) electrons. The minimum Gasteiger partial charge on any atom is -0.489 e. The molecule has 0 aliphatic heterocycles. The summed E-state index contributed by atoms with van der Waals surface area (Å²) in [6, 6.07) is 11.9. The molecule has 0 unspecified atom stereocenters. The molecule has 0 N–H and O–H groups in total. The molecular formula is C17H15NO4. The smallest absolute Gasteiger partial charge is 0.269 e. The first-order valence-electron chi connectivity index (χ1n) is 7.16. The van der Waals surface area contributed by atoms with Gasteiger partial charge in [0.15, 0.2) is 5.78 Å². The van der Waals surface area contributed by atoms with Crippen LogP contribution in [0.3, 0.4) is 0 Å². The molecule has 0 saturated carbocycles. The first-order valence-corrected chi connectivity index (χ1v) is 7.16. The van der Waals surface area contributed by atoms with E-state index in [0.29, 0.717) is 12.2 Å². The molecule has 0 bridgehead atoms. The number of benzene rings is 2. The van der Waals surface area contributed by atoms with Crippen LogP contribution in [0.15, 0.2) is 42.5 Å². The number of rotatable bonds is 4. The molecule has 112 valence electrons. The van der Waals surface area contributed by atoms with E-state index in [2.05, 4.69) is 0 Å². The number of ether oxygens (including phenoxy) is 1. The average Bonchev–Trinajstić information content (AvgIpc) is 2.53. The molecule has 0 heterocycles. The van der Waals surface area contributed by atoms with Crippen LogP contribution in [0.2, 0.25) is 0 Å². The average molecular weight is 297 g/mol. The van der Waals surface area contributed by atoms with E-state index in [1.807, 2.05) is 6.07 Å². The second-order valence-electron chi connectivity index (χ2n) is 5.31. The van der Waals surface area contributed by atoms with Crippen molar-refractivity contribution in [1.29, 1.82) is 0 Å². The molecule has 0 amide bonds. The van der Waals surface area contributed by atoms with Gasteiger partial charge in [-0.1, -0.05) is 12.1 Å². The lowest BCUT2D eigenvalue weighted by Gasteiger charge is -2.16. The Labute approximate surface area is 127 Å². The highest BCUT2D eigenvalue weighted by Crippen LogP contribution is 2.26. The van der Waals surface area contributed by atoms with Crippen molar-refractivity contribution in [2.75, 3.05) is 0 Å². The van der Waals surface area contributed by atoms with Gasteiger partial charge in [0.1, 0.15) is 12.4 Å². The molecule has 0 aromatic heterocycles. The van der Waals surface area contributed by atoms with Crippen molar-refractivity contribution in [3.05, 3.63) is 69.3 Å². The van der Waals surface area contributed by atoms with Gasteiger partial charge in [0.25, 0.3) is 5.69 Å². The third kappa shape index (κ3) is 2.98. The fourth-order valence-corrected chi connectivity index (χ4v) is 2.64. The summed E-state index contributed by atoms with van der Waals surface area (Å²) >= 11 is 0. The van der Waals surface area contributed by atoms with E-state index in [0.717, 1.165) is 29.5 Å². The standard InChI is InChI=1S/C17H15NO4/c19-17-6-2-4-13-10-15(7-8-16(13)17)22-11-12-3-1-5-14(9-12)18(20)21/h1,3,5,7-10H,2,4,6,11H2. The van der Waals surface area contributed by atoms with E-state index in [4.69, 9.17) is 4.74 Å². The Balaban J connectivity index is 1.73. The maximum absolute atomic E-state index is 11.8. The first kappa shape index (κ1) is 14.3. The lowest BCUT2D eigenvalue weighted by atomic mass is 9.90. The quantitative estimate of drug-likeness (QED) is 0.637. The summed E-state index contributed by atoms with van der Waals surface area (Å²) < 4.78 is 5.69. The molecule has 5 heteroatoms. The number of fused-ring (bicyclic) bond motifs is 1. The third-order valence-corrected chi connectivity index (χ3v) is 3.75. The van der Waals surface area contributed by atoms with Gasteiger partial charge < -0.3 is 4.74 Å². The number of nitrogens with zero attached hydrogens (tertiary/aromatic N) is 1. The minimum atomic E-state index is -0.423. The van der Waals surface area contributed by atoms with Gasteiger partial charge in [0.05, 0.1) is 4.92 Å². The Morgan fingerprint density at radius 1 is 1.14 bits per heavy atom. The molecule has 0 saturated heterocycles. The summed E-state index contributed by atoms with van der Waals surface area (Å²) in [4.78, 5) is 22.1. The van der Waals surface area contributed by atoms with Crippen LogP contribution in [0.1, 0.15) is 34.3 Å². The minimum absolute atomic E-state index is 0.0529. The van der Waals surface area contributed by atoms with Crippen molar-refractivity contribution in [3.8, 4) is 5.75 Å². The number of nitro benzene ring substituents is 1. The maximum Gasteiger partial charge on any atom is 0.269 e. The van der Waals surface area contributed by atoms with E-state index in [1.165, 1.54) is 12.1 Å². The van der Waals surface area contributed by atoms with Crippen LogP contribution < -0.4 is 4.74 Å². The summed E-state index contributed by atoms with van der Waals surface area (Å²) in [5.74, 6) is 0.867. The van der Waals surface area contributed by atoms with Gasteiger partial charge >= 0.3 is 0 Å². The lowest BCUT2D eigenvalue weighted by molar-refractivity contribution is -0.384. The SMILES string of the molecule is O=C1CCCc2cc(OCc3cccc([N+](=O)[O-])c3)ccc21. The molecule has 2 aromatic rings. The molecule has 0 spiro atoms. The number of Topliss-reactive ketones (excluding diaryl/α,β-unsaturated/α-hetero) is 1. The largest absolute Gasteiger partial charge is 0.489 e. The summed E-state index contributed by atoms with van der Waals surface area (Å²) in [5.41, 5.74) is 2.60.